The van der Waals surface area contributed by atoms with Crippen LogP contribution in [0.15, 0.2) is 0 Å². The van der Waals surface area contributed by atoms with Crippen LogP contribution in [-0.2, 0) is 0 Å². The van der Waals surface area contributed by atoms with E-state index >= 15 is 0 Å². The van der Waals surface area contributed by atoms with Crippen molar-refractivity contribution < 1.29 is 4.79 Å². The molecule has 1 heterocycles. The molecule has 1 saturated carbocycles. The van der Waals surface area contributed by atoms with Crippen LogP contribution >= 0.6 is 11.8 Å². The predicted molar refractivity (Wildman–Crippen MR) is 61.2 cm³/mol. The van der Waals surface area contributed by atoms with Gasteiger partial charge in [-0.3, -0.25) is 4.79 Å². The van der Waals surface area contributed by atoms with E-state index in [2.05, 4.69) is 32.9 Å². The van der Waals surface area contributed by atoms with E-state index in [0.717, 1.165) is 18.6 Å². The first-order valence-corrected chi connectivity index (χ1v) is 6.50. The summed E-state index contributed by atoms with van der Waals surface area (Å²) in [7, 11) is 0. The van der Waals surface area contributed by atoms with Crippen molar-refractivity contribution in [1.29, 1.82) is 0 Å². The summed E-state index contributed by atoms with van der Waals surface area (Å²) in [6, 6.07) is 0.259. The van der Waals surface area contributed by atoms with Crippen LogP contribution in [0.4, 0.5) is 0 Å². The molecule has 0 saturated heterocycles. The largest absolute Gasteiger partial charge is 0.346 e. The molecule has 0 bridgehead atoms. The normalized spacial score (nSPS) is 24.6. The maximum absolute atomic E-state index is 11.6. The maximum Gasteiger partial charge on any atom is 0.293 e. The zero-order valence-corrected chi connectivity index (χ0v) is 9.96. The standard InChI is InChI=1S/C9H15N5OS/c1-2-16-7-4-3-6(5-7)10-9(15)8-11-13-14-12-8/h6-7H,2-5H2,1H3,(H,10,15)(H,11,12,13,14). The Bertz CT molecular complexity index is 342. The first-order chi connectivity index (χ1) is 7.79. The molecule has 1 aliphatic carbocycles. The lowest BCUT2D eigenvalue weighted by atomic mass is 10.2. The Labute approximate surface area is 98.0 Å². The van der Waals surface area contributed by atoms with Gasteiger partial charge in [-0.25, -0.2) is 0 Å². The lowest BCUT2D eigenvalue weighted by Crippen LogP contribution is -2.33. The van der Waals surface area contributed by atoms with E-state index in [-0.39, 0.29) is 17.8 Å². The van der Waals surface area contributed by atoms with Gasteiger partial charge in [-0.2, -0.15) is 17.0 Å². The van der Waals surface area contributed by atoms with E-state index in [1.807, 2.05) is 11.8 Å². The fraction of sp³-hybridized carbons (Fsp3) is 0.778. The number of H-pyrrole nitrogens is 1. The molecule has 2 unspecified atom stereocenters. The van der Waals surface area contributed by atoms with Crippen molar-refractivity contribution in [2.24, 2.45) is 0 Å². The molecule has 2 rings (SSSR count). The number of aromatic amines is 1. The number of nitrogens with one attached hydrogen (secondary N) is 2. The lowest BCUT2D eigenvalue weighted by molar-refractivity contribution is 0.0927. The first kappa shape index (κ1) is 11.4. The highest BCUT2D eigenvalue weighted by molar-refractivity contribution is 7.99. The third-order valence-electron chi connectivity index (χ3n) is 2.67. The molecule has 7 heteroatoms. The SMILES string of the molecule is CCSC1CCC(NC(=O)c2nn[nH]n2)C1. The highest BCUT2D eigenvalue weighted by Gasteiger charge is 2.26. The summed E-state index contributed by atoms with van der Waals surface area (Å²) in [5, 5.41) is 16.5. The van der Waals surface area contributed by atoms with Gasteiger partial charge in [-0.05, 0) is 30.2 Å². The van der Waals surface area contributed by atoms with Gasteiger partial charge in [-0.1, -0.05) is 6.92 Å². The van der Waals surface area contributed by atoms with E-state index in [1.165, 1.54) is 6.42 Å². The Kier molecular flexibility index (Phi) is 3.76. The number of tetrazole rings is 1. The molecule has 2 atom stereocenters. The summed E-state index contributed by atoms with van der Waals surface area (Å²) in [5.74, 6) is 1.02. The number of aromatic nitrogens is 4. The van der Waals surface area contributed by atoms with E-state index in [9.17, 15) is 4.79 Å². The molecule has 1 aliphatic rings. The Balaban J connectivity index is 1.81. The van der Waals surface area contributed by atoms with Crippen LogP contribution in [0.25, 0.3) is 0 Å². The molecule has 6 nitrogen and oxygen atoms in total. The van der Waals surface area contributed by atoms with Gasteiger partial charge in [-0.15, -0.1) is 10.2 Å². The third kappa shape index (κ3) is 2.72. The number of hydrogen-bond acceptors (Lipinski definition) is 5. The summed E-state index contributed by atoms with van der Waals surface area (Å²) in [4.78, 5) is 11.6. The average molecular weight is 241 g/mol. The molecule has 0 radical (unpaired) electrons. The minimum atomic E-state index is -0.235. The summed E-state index contributed by atoms with van der Waals surface area (Å²) < 4.78 is 0. The molecular formula is C9H15N5OS. The van der Waals surface area contributed by atoms with Crippen LogP contribution in [-0.4, -0.2) is 43.6 Å². The fourth-order valence-corrected chi connectivity index (χ4v) is 3.11. The predicted octanol–water partition coefficient (Wildman–Crippen LogP) is 0.604. The second kappa shape index (κ2) is 5.29. The van der Waals surface area contributed by atoms with E-state index in [4.69, 9.17) is 0 Å². The zero-order chi connectivity index (χ0) is 11.4. The van der Waals surface area contributed by atoms with Gasteiger partial charge in [0.05, 0.1) is 0 Å². The van der Waals surface area contributed by atoms with Gasteiger partial charge >= 0.3 is 0 Å². The number of amides is 1. The van der Waals surface area contributed by atoms with Gasteiger partial charge in [0, 0.05) is 11.3 Å². The molecule has 0 aromatic carbocycles. The second-order valence-electron chi connectivity index (χ2n) is 3.80. The number of carbonyl (C=O) groups is 1. The van der Waals surface area contributed by atoms with Gasteiger partial charge < -0.3 is 5.32 Å². The second-order valence-corrected chi connectivity index (χ2v) is 5.37. The van der Waals surface area contributed by atoms with Gasteiger partial charge in [0.1, 0.15) is 0 Å². The van der Waals surface area contributed by atoms with Gasteiger partial charge in [0.2, 0.25) is 0 Å². The van der Waals surface area contributed by atoms with Crippen molar-refractivity contribution in [3.05, 3.63) is 5.82 Å². The van der Waals surface area contributed by atoms with Gasteiger partial charge in [0.25, 0.3) is 11.7 Å². The summed E-state index contributed by atoms with van der Waals surface area (Å²) in [6.07, 6.45) is 3.26. The Morgan fingerprint density at radius 2 is 2.50 bits per heavy atom. The number of carbonyl (C=O) groups excluding carboxylic acids is 1. The van der Waals surface area contributed by atoms with E-state index < -0.39 is 0 Å². The zero-order valence-electron chi connectivity index (χ0n) is 9.14. The van der Waals surface area contributed by atoms with E-state index in [1.54, 1.807) is 0 Å². The quantitative estimate of drug-likeness (QED) is 0.806. The van der Waals surface area contributed by atoms with Crippen molar-refractivity contribution in [2.75, 3.05) is 5.75 Å². The van der Waals surface area contributed by atoms with Crippen LogP contribution in [0.2, 0.25) is 0 Å². The maximum atomic E-state index is 11.6. The topological polar surface area (TPSA) is 83.6 Å². The van der Waals surface area contributed by atoms with Crippen LogP contribution in [0.5, 0.6) is 0 Å². The highest BCUT2D eigenvalue weighted by atomic mass is 32.2. The number of hydrogen-bond donors (Lipinski definition) is 2. The molecule has 0 aliphatic heterocycles. The van der Waals surface area contributed by atoms with Crippen molar-refractivity contribution in [3.63, 3.8) is 0 Å². The summed E-state index contributed by atoms with van der Waals surface area (Å²) in [5.41, 5.74) is 0. The van der Waals surface area contributed by atoms with Crippen LogP contribution in [0, 0.1) is 0 Å². The molecule has 2 N–H and O–H groups in total. The third-order valence-corrected chi connectivity index (χ3v) is 3.90. The smallest absolute Gasteiger partial charge is 0.293 e. The van der Waals surface area contributed by atoms with Gasteiger partial charge in [0.15, 0.2) is 0 Å². The molecular weight excluding hydrogens is 226 g/mol. The molecule has 1 amide bonds. The monoisotopic (exact) mass is 241 g/mol. The van der Waals surface area contributed by atoms with Crippen LogP contribution in [0.1, 0.15) is 36.8 Å². The Hall–Kier alpha value is -1.11. The molecule has 88 valence electrons. The van der Waals surface area contributed by atoms with Crippen LogP contribution in [0.3, 0.4) is 0 Å². The summed E-state index contributed by atoms with van der Waals surface area (Å²) >= 11 is 1.97. The highest BCUT2D eigenvalue weighted by Crippen LogP contribution is 2.29. The minimum absolute atomic E-state index is 0.117. The Morgan fingerprint density at radius 3 is 3.19 bits per heavy atom. The van der Waals surface area contributed by atoms with Crippen molar-refractivity contribution in [3.8, 4) is 0 Å². The summed E-state index contributed by atoms with van der Waals surface area (Å²) in [6.45, 7) is 2.16. The van der Waals surface area contributed by atoms with Crippen molar-refractivity contribution in [1.82, 2.24) is 25.9 Å². The fourth-order valence-electron chi connectivity index (χ4n) is 1.97. The van der Waals surface area contributed by atoms with Crippen molar-refractivity contribution in [2.45, 2.75) is 37.5 Å². The average Bonchev–Trinajstić information content (AvgIpc) is 2.89. The number of nitrogens with zero attached hydrogens (tertiary/aromatic N) is 3. The molecule has 1 fully saturated rings. The first-order valence-electron chi connectivity index (χ1n) is 5.45. The van der Waals surface area contributed by atoms with E-state index in [0.29, 0.717) is 5.25 Å². The molecule has 0 spiro atoms. The molecule has 1 aromatic rings. The number of rotatable bonds is 4. The lowest BCUT2D eigenvalue weighted by Gasteiger charge is -2.11. The Morgan fingerprint density at radius 1 is 1.62 bits per heavy atom. The molecule has 1 aromatic heterocycles. The minimum Gasteiger partial charge on any atom is -0.346 e. The van der Waals surface area contributed by atoms with Crippen LogP contribution < -0.4 is 5.32 Å². The van der Waals surface area contributed by atoms with Crippen molar-refractivity contribution >= 4 is 17.7 Å². The molecule has 16 heavy (non-hydrogen) atoms. The number of thioether (sulfide) groups is 1.